The van der Waals surface area contributed by atoms with Gasteiger partial charge in [0.25, 0.3) is 0 Å². The maximum Gasteiger partial charge on any atom is 0.242 e. The molecule has 0 unspecified atom stereocenters. The molecule has 54 heavy (non-hydrogen) atoms. The van der Waals surface area contributed by atoms with Gasteiger partial charge >= 0.3 is 0 Å². The SMILES string of the molecule is Cc1cc(C)c(B(c2ccc(N(c3cncc(-c4ccccc4)n3)c3ccc4ccccc4c3-c3ccccc3)cc2)c2c(C)cc(C)cc2C)c(C)c1. The van der Waals surface area contributed by atoms with Crippen LogP contribution in [0.3, 0.4) is 0 Å². The molecule has 0 spiro atoms. The summed E-state index contributed by atoms with van der Waals surface area (Å²) in [6, 6.07) is 52.5. The van der Waals surface area contributed by atoms with Crippen molar-refractivity contribution in [2.75, 3.05) is 4.90 Å². The van der Waals surface area contributed by atoms with E-state index in [0.717, 1.165) is 39.6 Å². The molecule has 1 heterocycles. The molecule has 8 aromatic rings. The molecular formula is C50H44BN3. The van der Waals surface area contributed by atoms with Gasteiger partial charge in [-0.05, 0) is 76.1 Å². The van der Waals surface area contributed by atoms with E-state index in [1.165, 1.54) is 60.5 Å². The fourth-order valence-electron chi connectivity index (χ4n) is 8.55. The van der Waals surface area contributed by atoms with Crippen molar-refractivity contribution in [1.29, 1.82) is 0 Å². The average molecular weight is 698 g/mol. The highest BCUT2D eigenvalue weighted by Crippen LogP contribution is 2.43. The van der Waals surface area contributed by atoms with Gasteiger partial charge < -0.3 is 0 Å². The van der Waals surface area contributed by atoms with Crippen molar-refractivity contribution in [3.63, 3.8) is 0 Å². The van der Waals surface area contributed by atoms with E-state index in [2.05, 4.69) is 174 Å². The average Bonchev–Trinajstić information content (AvgIpc) is 3.18. The first-order valence-electron chi connectivity index (χ1n) is 18.8. The third-order valence-corrected chi connectivity index (χ3v) is 10.7. The lowest BCUT2D eigenvalue weighted by molar-refractivity contribution is 1.13. The molecule has 0 saturated carbocycles. The highest BCUT2D eigenvalue weighted by Gasteiger charge is 2.29. The van der Waals surface area contributed by atoms with Gasteiger partial charge in [-0.2, -0.15) is 0 Å². The second-order valence-corrected chi connectivity index (χ2v) is 14.7. The fourth-order valence-corrected chi connectivity index (χ4v) is 8.55. The molecule has 8 rings (SSSR count). The molecule has 0 bridgehead atoms. The number of anilines is 3. The summed E-state index contributed by atoms with van der Waals surface area (Å²) in [5.41, 5.74) is 18.1. The summed E-state index contributed by atoms with van der Waals surface area (Å²) < 4.78 is 0. The standard InChI is InChI=1S/C50H44BN3/c1-33-27-35(3)49(36(4)28-33)51(50-37(5)29-34(2)30-38(50)6)42-22-24-43(25-23-42)54(47-32-52-31-45(53-47)40-16-9-7-10-17-40)46-26-21-39-15-13-14-20-44(39)48(46)41-18-11-8-12-19-41/h7-32H,1-6H3. The Kier molecular flexibility index (Phi) is 9.44. The Balaban J connectivity index is 1.36. The molecule has 262 valence electrons. The smallest absolute Gasteiger partial charge is 0.242 e. The lowest BCUT2D eigenvalue weighted by Crippen LogP contribution is -2.55. The molecule has 0 atom stereocenters. The van der Waals surface area contributed by atoms with Crippen molar-refractivity contribution in [3.8, 4) is 22.4 Å². The summed E-state index contributed by atoms with van der Waals surface area (Å²) in [5.74, 6) is 0.753. The Morgan fingerprint density at radius 2 is 1.04 bits per heavy atom. The van der Waals surface area contributed by atoms with E-state index in [-0.39, 0.29) is 6.71 Å². The molecule has 0 aliphatic heterocycles. The Morgan fingerprint density at radius 3 is 1.63 bits per heavy atom. The zero-order valence-corrected chi connectivity index (χ0v) is 31.9. The number of benzene rings is 7. The molecule has 4 heteroatoms. The van der Waals surface area contributed by atoms with Gasteiger partial charge in [0.05, 0.1) is 23.8 Å². The molecule has 0 amide bonds. The maximum absolute atomic E-state index is 5.29. The van der Waals surface area contributed by atoms with Crippen molar-refractivity contribution < 1.29 is 0 Å². The van der Waals surface area contributed by atoms with Crippen molar-refractivity contribution in [1.82, 2.24) is 9.97 Å². The van der Waals surface area contributed by atoms with Crippen LogP contribution in [0, 0.1) is 41.5 Å². The molecular weight excluding hydrogens is 653 g/mol. The van der Waals surface area contributed by atoms with Gasteiger partial charge in [-0.15, -0.1) is 0 Å². The van der Waals surface area contributed by atoms with Crippen LogP contribution < -0.4 is 21.3 Å². The molecule has 0 aliphatic carbocycles. The minimum Gasteiger partial charge on any atom is -0.293 e. The van der Waals surface area contributed by atoms with E-state index < -0.39 is 0 Å². The van der Waals surface area contributed by atoms with Gasteiger partial charge in [0, 0.05) is 16.8 Å². The number of aryl methyl sites for hydroxylation is 6. The molecule has 0 radical (unpaired) electrons. The van der Waals surface area contributed by atoms with Gasteiger partial charge in [0.2, 0.25) is 6.71 Å². The lowest BCUT2D eigenvalue weighted by Gasteiger charge is -2.29. The lowest BCUT2D eigenvalue weighted by atomic mass is 9.34. The number of hydrogen-bond acceptors (Lipinski definition) is 3. The summed E-state index contributed by atoms with van der Waals surface area (Å²) >= 11 is 0. The highest BCUT2D eigenvalue weighted by atomic mass is 15.2. The van der Waals surface area contributed by atoms with Crippen LogP contribution in [-0.2, 0) is 0 Å². The quantitative estimate of drug-likeness (QED) is 0.148. The maximum atomic E-state index is 5.29. The van der Waals surface area contributed by atoms with Crippen LogP contribution in [0.25, 0.3) is 33.2 Å². The van der Waals surface area contributed by atoms with Crippen LogP contribution in [-0.4, -0.2) is 16.7 Å². The third-order valence-electron chi connectivity index (χ3n) is 10.7. The second kappa shape index (κ2) is 14.6. The molecule has 7 aromatic carbocycles. The van der Waals surface area contributed by atoms with E-state index in [1.807, 2.05) is 30.6 Å². The number of hydrogen-bond donors (Lipinski definition) is 0. The second-order valence-electron chi connectivity index (χ2n) is 14.7. The van der Waals surface area contributed by atoms with Crippen LogP contribution in [0.5, 0.6) is 0 Å². The van der Waals surface area contributed by atoms with Crippen molar-refractivity contribution in [3.05, 3.63) is 191 Å². The molecule has 0 aliphatic rings. The largest absolute Gasteiger partial charge is 0.293 e. The molecule has 3 nitrogen and oxygen atoms in total. The monoisotopic (exact) mass is 697 g/mol. The first-order valence-corrected chi connectivity index (χ1v) is 18.8. The Morgan fingerprint density at radius 1 is 0.500 bits per heavy atom. The minimum absolute atomic E-state index is 0.0791. The normalized spacial score (nSPS) is 11.1. The van der Waals surface area contributed by atoms with Crippen LogP contribution in [0.4, 0.5) is 17.2 Å². The zero-order valence-electron chi connectivity index (χ0n) is 31.9. The molecule has 1 aromatic heterocycles. The van der Waals surface area contributed by atoms with E-state index in [9.17, 15) is 0 Å². The topological polar surface area (TPSA) is 29.0 Å². The zero-order chi connectivity index (χ0) is 37.3. The van der Waals surface area contributed by atoms with Crippen molar-refractivity contribution in [2.45, 2.75) is 41.5 Å². The Hall–Kier alpha value is -6.26. The summed E-state index contributed by atoms with van der Waals surface area (Å²) in [7, 11) is 0. The van der Waals surface area contributed by atoms with Gasteiger partial charge in [0.1, 0.15) is 0 Å². The number of fused-ring (bicyclic) bond motifs is 1. The predicted octanol–water partition coefficient (Wildman–Crippen LogP) is 10.8. The molecule has 0 N–H and O–H groups in total. The number of rotatable bonds is 8. The van der Waals surface area contributed by atoms with E-state index in [0.29, 0.717) is 0 Å². The predicted molar refractivity (Wildman–Crippen MR) is 231 cm³/mol. The first kappa shape index (κ1) is 34.8. The summed E-state index contributed by atoms with van der Waals surface area (Å²) in [4.78, 5) is 12.3. The Bertz CT molecular complexity index is 2510. The van der Waals surface area contributed by atoms with Crippen LogP contribution in [0.2, 0.25) is 0 Å². The summed E-state index contributed by atoms with van der Waals surface area (Å²) in [6.07, 6.45) is 3.73. The van der Waals surface area contributed by atoms with E-state index in [1.54, 1.807) is 0 Å². The minimum atomic E-state index is 0.0791. The molecule has 0 fully saturated rings. The first-order chi connectivity index (χ1) is 26.3. The Labute approximate surface area is 320 Å². The van der Waals surface area contributed by atoms with Crippen LogP contribution in [0.15, 0.2) is 158 Å². The summed E-state index contributed by atoms with van der Waals surface area (Å²) in [5, 5.41) is 2.38. The highest BCUT2D eigenvalue weighted by molar-refractivity contribution is 6.96. The summed E-state index contributed by atoms with van der Waals surface area (Å²) in [6.45, 7) is 13.5. The van der Waals surface area contributed by atoms with E-state index in [4.69, 9.17) is 9.97 Å². The van der Waals surface area contributed by atoms with Gasteiger partial charge in [-0.3, -0.25) is 9.88 Å². The van der Waals surface area contributed by atoms with Gasteiger partial charge in [-0.1, -0.05) is 177 Å². The van der Waals surface area contributed by atoms with Crippen LogP contribution in [0.1, 0.15) is 33.4 Å². The van der Waals surface area contributed by atoms with Gasteiger partial charge in [0.15, 0.2) is 5.82 Å². The van der Waals surface area contributed by atoms with Gasteiger partial charge in [-0.25, -0.2) is 4.98 Å². The number of nitrogens with zero attached hydrogens (tertiary/aromatic N) is 3. The third kappa shape index (κ3) is 6.61. The molecule has 0 saturated heterocycles. The van der Waals surface area contributed by atoms with Crippen molar-refractivity contribution in [2.24, 2.45) is 0 Å². The fraction of sp³-hybridized carbons (Fsp3) is 0.120. The number of aromatic nitrogens is 2. The van der Waals surface area contributed by atoms with Crippen LogP contribution >= 0.6 is 0 Å². The van der Waals surface area contributed by atoms with E-state index >= 15 is 0 Å². The van der Waals surface area contributed by atoms with Crippen molar-refractivity contribution >= 4 is 51.1 Å².